The van der Waals surface area contributed by atoms with Crippen LogP contribution in [0, 0.1) is 28.6 Å². The van der Waals surface area contributed by atoms with Gasteiger partial charge in [-0.2, -0.15) is 0 Å². The molecule has 2 aliphatic carbocycles. The van der Waals surface area contributed by atoms with Crippen LogP contribution in [0.4, 0.5) is 0 Å². The average Bonchev–Trinajstić information content (AvgIpc) is 2.70. The Morgan fingerprint density at radius 1 is 0.735 bits per heavy atom. The lowest BCUT2D eigenvalue weighted by atomic mass is 9.61. The summed E-state index contributed by atoms with van der Waals surface area (Å²) in [5, 5.41) is 33.9. The minimum absolute atomic E-state index is 0.112. The van der Waals surface area contributed by atoms with Gasteiger partial charge in [-0.25, -0.2) is 0 Å². The summed E-state index contributed by atoms with van der Waals surface area (Å²) in [5.74, 6) is 0.255. The van der Waals surface area contributed by atoms with E-state index in [-0.39, 0.29) is 27.4 Å². The summed E-state index contributed by atoms with van der Waals surface area (Å²) < 4.78 is 0. The maximum absolute atomic E-state index is 11.3. The molecule has 4 unspecified atom stereocenters. The van der Waals surface area contributed by atoms with Crippen LogP contribution in [0.25, 0.3) is 0 Å². The zero-order valence-corrected chi connectivity index (χ0v) is 22.5. The monoisotopic (exact) mass is 464 g/mol. The van der Waals surface area contributed by atoms with Crippen molar-refractivity contribution in [2.24, 2.45) is 21.7 Å². The number of phenols is 1. The highest BCUT2D eigenvalue weighted by atomic mass is 16.3. The van der Waals surface area contributed by atoms with Crippen molar-refractivity contribution in [1.82, 2.24) is 0 Å². The van der Waals surface area contributed by atoms with Crippen LogP contribution in [0.1, 0.15) is 72.1 Å². The van der Waals surface area contributed by atoms with E-state index in [0.29, 0.717) is 12.8 Å². The highest BCUT2D eigenvalue weighted by Crippen LogP contribution is 2.48. The number of hydrogen-bond acceptors (Lipinski definition) is 3. The molecule has 34 heavy (non-hydrogen) atoms. The molecule has 0 bridgehead atoms. The Morgan fingerprint density at radius 3 is 1.41 bits per heavy atom. The number of allylic oxidation sites excluding steroid dienone is 4. The summed E-state index contributed by atoms with van der Waals surface area (Å²) in [7, 11) is 0. The number of aryl methyl sites for hydroxylation is 1. The fourth-order valence-corrected chi connectivity index (χ4v) is 5.15. The molecule has 0 heterocycles. The standard InChI is InChI=1S/C31H44O3/c1-20-16-23(18-21-12-10-14-30(8,26(21)33)28(2,3)4)25(32)24(17-20)19-22-13-11-15-31(9,27(22)34)29(5,6)7/h10-17,26-27,32-34H,18-19H2,1-9H3. The van der Waals surface area contributed by atoms with Gasteiger partial charge in [0.25, 0.3) is 0 Å². The highest BCUT2D eigenvalue weighted by molar-refractivity contribution is 5.49. The molecule has 0 saturated heterocycles. The maximum atomic E-state index is 11.3. The lowest BCUT2D eigenvalue weighted by Gasteiger charge is -2.46. The van der Waals surface area contributed by atoms with Crippen LogP contribution in [0.5, 0.6) is 5.75 Å². The van der Waals surface area contributed by atoms with E-state index in [0.717, 1.165) is 27.8 Å². The van der Waals surface area contributed by atoms with E-state index in [1.54, 1.807) is 0 Å². The van der Waals surface area contributed by atoms with Crippen molar-refractivity contribution in [3.05, 3.63) is 76.4 Å². The van der Waals surface area contributed by atoms with E-state index < -0.39 is 12.2 Å². The first-order valence-corrected chi connectivity index (χ1v) is 12.5. The number of phenolic OH excluding ortho intramolecular Hbond substituents is 1. The highest BCUT2D eigenvalue weighted by Gasteiger charge is 2.45. The number of aliphatic hydroxyl groups excluding tert-OH is 2. The molecule has 3 heteroatoms. The molecule has 4 atom stereocenters. The van der Waals surface area contributed by atoms with E-state index in [4.69, 9.17) is 0 Å². The molecule has 0 saturated carbocycles. The largest absolute Gasteiger partial charge is 0.507 e. The molecule has 1 aromatic carbocycles. The predicted molar refractivity (Wildman–Crippen MR) is 142 cm³/mol. The van der Waals surface area contributed by atoms with Crippen molar-refractivity contribution in [3.8, 4) is 5.75 Å². The molecule has 1 aromatic rings. The lowest BCUT2D eigenvalue weighted by molar-refractivity contribution is 0.0162. The molecule has 0 fully saturated rings. The summed E-state index contributed by atoms with van der Waals surface area (Å²) in [6.07, 6.45) is 11.9. The van der Waals surface area contributed by atoms with Gasteiger partial charge in [0.2, 0.25) is 0 Å². The van der Waals surface area contributed by atoms with E-state index >= 15 is 0 Å². The predicted octanol–water partition coefficient (Wildman–Crippen LogP) is 6.60. The van der Waals surface area contributed by atoms with Crippen molar-refractivity contribution < 1.29 is 15.3 Å². The molecule has 0 aliphatic heterocycles. The first kappa shape index (κ1) is 26.5. The molecular formula is C31H44O3. The second-order valence-electron chi connectivity index (χ2n) is 12.9. The fourth-order valence-electron chi connectivity index (χ4n) is 5.15. The summed E-state index contributed by atoms with van der Waals surface area (Å²) in [4.78, 5) is 0. The molecule has 3 nitrogen and oxygen atoms in total. The SMILES string of the molecule is Cc1cc(CC2=CC=CC(C)(C(C)(C)C)C2O)c(O)c(CC2=CC=CC(C)(C(C)(C)C)C2O)c1. The van der Waals surface area contributed by atoms with Gasteiger partial charge in [-0.05, 0) is 52.9 Å². The molecular weight excluding hydrogens is 420 g/mol. The second kappa shape index (κ2) is 8.84. The van der Waals surface area contributed by atoms with E-state index in [1.807, 2.05) is 43.4 Å². The van der Waals surface area contributed by atoms with Gasteiger partial charge in [0.15, 0.2) is 0 Å². The summed E-state index contributed by atoms with van der Waals surface area (Å²) in [6, 6.07) is 4.01. The van der Waals surface area contributed by atoms with E-state index in [1.165, 1.54) is 0 Å². The minimum Gasteiger partial charge on any atom is -0.507 e. The van der Waals surface area contributed by atoms with E-state index in [2.05, 4.69) is 67.5 Å². The third kappa shape index (κ3) is 4.57. The van der Waals surface area contributed by atoms with Gasteiger partial charge in [0.1, 0.15) is 5.75 Å². The zero-order valence-electron chi connectivity index (χ0n) is 22.5. The Hall–Kier alpha value is -2.10. The van der Waals surface area contributed by atoms with Gasteiger partial charge in [-0.1, -0.05) is 110 Å². The number of rotatable bonds is 4. The van der Waals surface area contributed by atoms with Crippen LogP contribution in [-0.4, -0.2) is 27.5 Å². The van der Waals surface area contributed by atoms with Crippen molar-refractivity contribution in [3.63, 3.8) is 0 Å². The summed E-state index contributed by atoms with van der Waals surface area (Å²) >= 11 is 0. The first-order valence-electron chi connectivity index (χ1n) is 12.5. The molecule has 2 aliphatic rings. The van der Waals surface area contributed by atoms with E-state index in [9.17, 15) is 15.3 Å². The Labute approximate surface area is 206 Å². The van der Waals surface area contributed by atoms with Gasteiger partial charge in [0, 0.05) is 10.8 Å². The quantitative estimate of drug-likeness (QED) is 0.470. The molecule has 3 N–H and O–H groups in total. The number of benzene rings is 1. The van der Waals surface area contributed by atoms with Crippen molar-refractivity contribution in [2.75, 3.05) is 0 Å². The number of aliphatic hydroxyl groups is 2. The third-order valence-electron chi connectivity index (χ3n) is 8.78. The first-order chi connectivity index (χ1) is 15.5. The summed E-state index contributed by atoms with van der Waals surface area (Å²) in [5.41, 5.74) is 3.50. The van der Waals surface area contributed by atoms with Gasteiger partial charge >= 0.3 is 0 Å². The lowest BCUT2D eigenvalue weighted by Crippen LogP contribution is -2.44. The van der Waals surface area contributed by atoms with Gasteiger partial charge in [0.05, 0.1) is 12.2 Å². The Morgan fingerprint density at radius 2 is 1.09 bits per heavy atom. The second-order valence-corrected chi connectivity index (χ2v) is 12.9. The molecule has 0 radical (unpaired) electrons. The average molecular weight is 465 g/mol. The van der Waals surface area contributed by atoms with Gasteiger partial charge in [-0.3, -0.25) is 0 Å². The molecule has 0 amide bonds. The topological polar surface area (TPSA) is 60.7 Å². The zero-order chi connectivity index (χ0) is 25.7. The summed E-state index contributed by atoms with van der Waals surface area (Å²) in [6.45, 7) is 19.1. The minimum atomic E-state index is -0.624. The van der Waals surface area contributed by atoms with Crippen LogP contribution < -0.4 is 0 Å². The van der Waals surface area contributed by atoms with Crippen LogP contribution >= 0.6 is 0 Å². The fraction of sp³-hybridized carbons (Fsp3) is 0.548. The molecule has 0 aromatic heterocycles. The Kier molecular flexibility index (Phi) is 6.89. The Bertz CT molecular complexity index is 976. The van der Waals surface area contributed by atoms with Crippen molar-refractivity contribution in [2.45, 2.75) is 87.4 Å². The van der Waals surface area contributed by atoms with Gasteiger partial charge in [-0.15, -0.1) is 0 Å². The molecule has 3 rings (SSSR count). The Balaban J connectivity index is 1.91. The van der Waals surface area contributed by atoms with Crippen molar-refractivity contribution in [1.29, 1.82) is 0 Å². The maximum Gasteiger partial charge on any atom is 0.122 e. The van der Waals surface area contributed by atoms with Crippen LogP contribution in [0.3, 0.4) is 0 Å². The third-order valence-corrected chi connectivity index (χ3v) is 8.78. The van der Waals surface area contributed by atoms with Crippen LogP contribution in [0.15, 0.2) is 59.7 Å². The normalized spacial score (nSPS) is 29.7. The molecule has 186 valence electrons. The molecule has 0 spiro atoms. The van der Waals surface area contributed by atoms with Crippen LogP contribution in [-0.2, 0) is 12.8 Å². The van der Waals surface area contributed by atoms with Crippen molar-refractivity contribution >= 4 is 0 Å². The van der Waals surface area contributed by atoms with Crippen LogP contribution in [0.2, 0.25) is 0 Å². The number of hydrogen-bond donors (Lipinski definition) is 3. The smallest absolute Gasteiger partial charge is 0.122 e. The van der Waals surface area contributed by atoms with Gasteiger partial charge < -0.3 is 15.3 Å². The number of aromatic hydroxyl groups is 1.